The number of thiophene rings is 1. The summed E-state index contributed by atoms with van der Waals surface area (Å²) in [6.45, 7) is 0. The van der Waals surface area contributed by atoms with Crippen molar-refractivity contribution in [2.45, 2.75) is 6.10 Å². The monoisotopic (exact) mass is 191 g/mol. The van der Waals surface area contributed by atoms with Gasteiger partial charge in [-0.3, -0.25) is 4.98 Å². The van der Waals surface area contributed by atoms with E-state index in [9.17, 15) is 5.11 Å². The molecule has 0 fully saturated rings. The highest BCUT2D eigenvalue weighted by atomic mass is 32.1. The number of hydrogen-bond donors (Lipinski definition) is 1. The average Bonchev–Trinajstić information content (AvgIpc) is 2.71. The molecule has 2 heterocycles. The van der Waals surface area contributed by atoms with Crippen molar-refractivity contribution in [3.8, 4) is 0 Å². The van der Waals surface area contributed by atoms with Crippen LogP contribution < -0.4 is 0 Å². The maximum absolute atomic E-state index is 9.82. The Labute approximate surface area is 80.5 Å². The molecule has 0 aliphatic heterocycles. The lowest BCUT2D eigenvalue weighted by atomic mass is 10.1. The van der Waals surface area contributed by atoms with Crippen LogP contribution in [0.1, 0.15) is 17.4 Å². The number of nitrogens with zero attached hydrogens (tertiary/aromatic N) is 1. The first kappa shape index (κ1) is 8.41. The second kappa shape index (κ2) is 3.68. The quantitative estimate of drug-likeness (QED) is 0.789. The van der Waals surface area contributed by atoms with Gasteiger partial charge in [0.1, 0.15) is 6.10 Å². The van der Waals surface area contributed by atoms with Crippen molar-refractivity contribution < 1.29 is 5.11 Å². The first-order valence-corrected chi connectivity index (χ1v) is 4.93. The van der Waals surface area contributed by atoms with Crippen LogP contribution in [0, 0.1) is 0 Å². The second-order valence-corrected chi connectivity index (χ2v) is 3.49. The minimum atomic E-state index is -0.590. The summed E-state index contributed by atoms with van der Waals surface area (Å²) in [5.74, 6) is 0. The Bertz CT molecular complexity index is 358. The summed E-state index contributed by atoms with van der Waals surface area (Å²) in [4.78, 5) is 4.09. The molecule has 0 aliphatic rings. The van der Waals surface area contributed by atoms with E-state index in [-0.39, 0.29) is 0 Å². The Morgan fingerprint density at radius 3 is 2.85 bits per heavy atom. The van der Waals surface area contributed by atoms with Crippen LogP contribution in [0.2, 0.25) is 0 Å². The minimum Gasteiger partial charge on any atom is -0.382 e. The normalized spacial score (nSPS) is 12.7. The maximum atomic E-state index is 9.82. The first-order chi connectivity index (χ1) is 6.38. The van der Waals surface area contributed by atoms with Gasteiger partial charge in [-0.15, -0.1) is 0 Å². The maximum Gasteiger partial charge on any atom is 0.122 e. The van der Waals surface area contributed by atoms with Gasteiger partial charge in [-0.05, 0) is 34.5 Å². The van der Waals surface area contributed by atoms with Crippen molar-refractivity contribution in [1.82, 2.24) is 4.98 Å². The molecule has 66 valence electrons. The van der Waals surface area contributed by atoms with Gasteiger partial charge in [0.15, 0.2) is 0 Å². The van der Waals surface area contributed by atoms with Crippen molar-refractivity contribution in [2.24, 2.45) is 0 Å². The summed E-state index contributed by atoms with van der Waals surface area (Å²) in [6, 6.07) is 7.44. The van der Waals surface area contributed by atoms with Gasteiger partial charge in [-0.25, -0.2) is 0 Å². The van der Waals surface area contributed by atoms with Crippen molar-refractivity contribution >= 4 is 11.3 Å². The van der Waals surface area contributed by atoms with Crippen LogP contribution in [-0.4, -0.2) is 10.1 Å². The van der Waals surface area contributed by atoms with Crippen molar-refractivity contribution in [3.63, 3.8) is 0 Å². The molecule has 2 rings (SSSR count). The van der Waals surface area contributed by atoms with E-state index in [0.29, 0.717) is 5.69 Å². The molecule has 0 aromatic carbocycles. The summed E-state index contributed by atoms with van der Waals surface area (Å²) in [7, 11) is 0. The fraction of sp³-hybridized carbons (Fsp3) is 0.100. The fourth-order valence-electron chi connectivity index (χ4n) is 1.14. The van der Waals surface area contributed by atoms with Crippen LogP contribution in [0.25, 0.3) is 0 Å². The molecular formula is C10H9NOS. The molecule has 1 atom stereocenters. The molecule has 13 heavy (non-hydrogen) atoms. The molecule has 0 radical (unpaired) electrons. The van der Waals surface area contributed by atoms with E-state index in [1.807, 2.05) is 35.0 Å². The highest BCUT2D eigenvalue weighted by Crippen LogP contribution is 2.21. The second-order valence-electron chi connectivity index (χ2n) is 2.71. The SMILES string of the molecule is OC(c1ccsc1)c1ccccn1. The Hall–Kier alpha value is -1.19. The lowest BCUT2D eigenvalue weighted by Gasteiger charge is -2.06. The van der Waals surface area contributed by atoms with Crippen LogP contribution in [0.4, 0.5) is 0 Å². The third-order valence-corrected chi connectivity index (χ3v) is 2.53. The smallest absolute Gasteiger partial charge is 0.122 e. The van der Waals surface area contributed by atoms with Crippen LogP contribution in [-0.2, 0) is 0 Å². The minimum absolute atomic E-state index is 0.590. The van der Waals surface area contributed by atoms with Gasteiger partial charge in [0.25, 0.3) is 0 Å². The number of pyridine rings is 1. The van der Waals surface area contributed by atoms with Crippen molar-refractivity contribution in [3.05, 3.63) is 52.5 Å². The number of aromatic nitrogens is 1. The van der Waals surface area contributed by atoms with Crippen molar-refractivity contribution in [2.75, 3.05) is 0 Å². The van der Waals surface area contributed by atoms with Crippen LogP contribution in [0.5, 0.6) is 0 Å². The standard InChI is InChI=1S/C10H9NOS/c12-10(8-4-6-13-7-8)9-3-1-2-5-11-9/h1-7,10,12H. The molecule has 1 N–H and O–H groups in total. The van der Waals surface area contributed by atoms with Gasteiger partial charge in [0, 0.05) is 6.20 Å². The van der Waals surface area contributed by atoms with Crippen LogP contribution >= 0.6 is 11.3 Å². The van der Waals surface area contributed by atoms with E-state index < -0.39 is 6.10 Å². The predicted octanol–water partition coefficient (Wildman–Crippen LogP) is 2.22. The van der Waals surface area contributed by atoms with Gasteiger partial charge in [0.05, 0.1) is 5.69 Å². The Kier molecular flexibility index (Phi) is 2.38. The van der Waals surface area contributed by atoms with Crippen LogP contribution in [0.15, 0.2) is 41.2 Å². The number of hydrogen-bond acceptors (Lipinski definition) is 3. The highest BCUT2D eigenvalue weighted by Gasteiger charge is 2.10. The summed E-state index contributed by atoms with van der Waals surface area (Å²) < 4.78 is 0. The molecule has 2 aromatic rings. The van der Waals surface area contributed by atoms with Crippen LogP contribution in [0.3, 0.4) is 0 Å². The van der Waals surface area contributed by atoms with Crippen molar-refractivity contribution in [1.29, 1.82) is 0 Å². The summed E-state index contributed by atoms with van der Waals surface area (Å²) in [6.07, 6.45) is 1.10. The third-order valence-electron chi connectivity index (χ3n) is 1.83. The summed E-state index contributed by atoms with van der Waals surface area (Å²) in [5, 5.41) is 13.7. The van der Waals surface area contributed by atoms with Gasteiger partial charge in [-0.2, -0.15) is 11.3 Å². The molecule has 0 saturated carbocycles. The topological polar surface area (TPSA) is 33.1 Å². The highest BCUT2D eigenvalue weighted by molar-refractivity contribution is 7.07. The largest absolute Gasteiger partial charge is 0.382 e. The first-order valence-electron chi connectivity index (χ1n) is 3.99. The zero-order valence-electron chi connectivity index (χ0n) is 6.92. The molecule has 0 saturated heterocycles. The van der Waals surface area contributed by atoms with Gasteiger partial charge in [0.2, 0.25) is 0 Å². The lowest BCUT2D eigenvalue weighted by molar-refractivity contribution is 0.216. The average molecular weight is 191 g/mol. The van der Waals surface area contributed by atoms with Gasteiger partial charge >= 0.3 is 0 Å². The lowest BCUT2D eigenvalue weighted by Crippen LogP contribution is -1.99. The molecule has 0 spiro atoms. The molecule has 3 heteroatoms. The van der Waals surface area contributed by atoms with E-state index >= 15 is 0 Å². The number of aliphatic hydroxyl groups excluding tert-OH is 1. The Morgan fingerprint density at radius 1 is 1.31 bits per heavy atom. The van der Waals surface area contributed by atoms with E-state index in [1.165, 1.54) is 0 Å². The Morgan fingerprint density at radius 2 is 2.23 bits per heavy atom. The van der Waals surface area contributed by atoms with E-state index in [1.54, 1.807) is 17.5 Å². The van der Waals surface area contributed by atoms with E-state index in [4.69, 9.17) is 0 Å². The van der Waals surface area contributed by atoms with E-state index in [2.05, 4.69) is 4.98 Å². The molecule has 0 bridgehead atoms. The molecule has 0 aliphatic carbocycles. The molecule has 0 amide bonds. The fourth-order valence-corrected chi connectivity index (χ4v) is 1.82. The zero-order valence-corrected chi connectivity index (χ0v) is 7.74. The number of rotatable bonds is 2. The Balaban J connectivity index is 2.29. The molecule has 2 aromatic heterocycles. The van der Waals surface area contributed by atoms with Gasteiger partial charge in [-0.1, -0.05) is 6.07 Å². The van der Waals surface area contributed by atoms with E-state index in [0.717, 1.165) is 5.56 Å². The number of aliphatic hydroxyl groups is 1. The summed E-state index contributed by atoms with van der Waals surface area (Å²) >= 11 is 1.57. The van der Waals surface area contributed by atoms with Gasteiger partial charge < -0.3 is 5.11 Å². The zero-order chi connectivity index (χ0) is 9.10. The summed E-state index contributed by atoms with van der Waals surface area (Å²) in [5.41, 5.74) is 1.60. The molecule has 1 unspecified atom stereocenters. The predicted molar refractivity (Wildman–Crippen MR) is 52.6 cm³/mol. The third kappa shape index (κ3) is 1.76. The molecule has 2 nitrogen and oxygen atoms in total. The molecular weight excluding hydrogens is 182 g/mol.